The molecule has 0 heterocycles. The highest BCUT2D eigenvalue weighted by Gasteiger charge is 2.51. The molecule has 5 heteroatoms. The monoisotopic (exact) mass is 290 g/mol. The lowest BCUT2D eigenvalue weighted by Gasteiger charge is -2.20. The Morgan fingerprint density at radius 3 is 2.19 bits per heavy atom. The summed E-state index contributed by atoms with van der Waals surface area (Å²) in [6.07, 6.45) is 1.37. The molecule has 5 nitrogen and oxygen atoms in total. The number of hydrogen-bond acceptors (Lipinski definition) is 3. The fraction of sp³-hybridized carbons (Fsp3) is 0.500. The van der Waals surface area contributed by atoms with Crippen molar-refractivity contribution >= 4 is 17.6 Å². The molecular formula is C16H22N2O3. The molecule has 1 amide bonds. The second kappa shape index (κ2) is 5.48. The highest BCUT2D eigenvalue weighted by atomic mass is 16.4. The number of amides is 1. The Labute approximate surface area is 124 Å². The maximum absolute atomic E-state index is 11.8. The quantitative estimate of drug-likeness (QED) is 0.776. The van der Waals surface area contributed by atoms with Gasteiger partial charge in [-0.2, -0.15) is 0 Å². The molecule has 0 radical (unpaired) electrons. The highest BCUT2D eigenvalue weighted by Crippen LogP contribution is 2.48. The van der Waals surface area contributed by atoms with Crippen molar-refractivity contribution in [1.29, 1.82) is 0 Å². The van der Waals surface area contributed by atoms with Crippen molar-refractivity contribution in [3.8, 4) is 0 Å². The molecule has 2 rings (SSSR count). The summed E-state index contributed by atoms with van der Waals surface area (Å²) in [5, 5.41) is 15.1. The van der Waals surface area contributed by atoms with E-state index in [4.69, 9.17) is 0 Å². The zero-order valence-electron chi connectivity index (χ0n) is 12.7. The Morgan fingerprint density at radius 1 is 1.19 bits per heavy atom. The van der Waals surface area contributed by atoms with Crippen molar-refractivity contribution in [2.75, 3.05) is 11.9 Å². The van der Waals surface area contributed by atoms with Crippen LogP contribution in [0.4, 0.5) is 5.69 Å². The van der Waals surface area contributed by atoms with Crippen molar-refractivity contribution in [3.63, 3.8) is 0 Å². The molecule has 0 saturated heterocycles. The summed E-state index contributed by atoms with van der Waals surface area (Å²) in [4.78, 5) is 23.0. The van der Waals surface area contributed by atoms with Crippen LogP contribution in [0.15, 0.2) is 24.3 Å². The minimum atomic E-state index is -0.770. The number of rotatable bonds is 5. The van der Waals surface area contributed by atoms with E-state index in [9.17, 15) is 14.7 Å². The van der Waals surface area contributed by atoms with Crippen LogP contribution in [0.3, 0.4) is 0 Å². The number of carboxylic acids is 1. The van der Waals surface area contributed by atoms with Gasteiger partial charge in [-0.1, -0.05) is 12.1 Å². The maximum Gasteiger partial charge on any atom is 0.314 e. The van der Waals surface area contributed by atoms with E-state index < -0.39 is 11.4 Å². The van der Waals surface area contributed by atoms with Gasteiger partial charge in [0.1, 0.15) is 0 Å². The second-order valence-corrected chi connectivity index (χ2v) is 6.62. The third-order valence-electron chi connectivity index (χ3n) is 3.66. The Bertz CT molecular complexity index is 540. The number of carboxylic acid groups (broad SMARTS) is 1. The Hall–Kier alpha value is -1.88. The lowest BCUT2D eigenvalue weighted by atomic mass is 9.96. The normalized spacial score (nSPS) is 16.3. The summed E-state index contributed by atoms with van der Waals surface area (Å²) < 4.78 is 0. The summed E-state index contributed by atoms with van der Waals surface area (Å²) in [5.41, 5.74) is 0.679. The molecule has 21 heavy (non-hydrogen) atoms. The number of benzene rings is 1. The largest absolute Gasteiger partial charge is 0.481 e. The Morgan fingerprint density at radius 2 is 1.76 bits per heavy atom. The summed E-state index contributed by atoms with van der Waals surface area (Å²) in [7, 11) is 0. The molecule has 0 aromatic heterocycles. The summed E-state index contributed by atoms with van der Waals surface area (Å²) in [5.74, 6) is -0.884. The minimum absolute atomic E-state index is 0.110. The molecule has 0 aliphatic heterocycles. The van der Waals surface area contributed by atoms with Gasteiger partial charge in [-0.15, -0.1) is 0 Å². The molecule has 0 bridgehead atoms. The fourth-order valence-electron chi connectivity index (χ4n) is 2.17. The number of carbonyl (C=O) groups excluding carboxylic acids is 1. The predicted molar refractivity (Wildman–Crippen MR) is 81.4 cm³/mol. The van der Waals surface area contributed by atoms with Gasteiger partial charge in [0.2, 0.25) is 5.91 Å². The van der Waals surface area contributed by atoms with Crippen molar-refractivity contribution in [2.24, 2.45) is 0 Å². The number of anilines is 1. The van der Waals surface area contributed by atoms with Crippen LogP contribution in [0.5, 0.6) is 0 Å². The molecule has 0 atom stereocenters. The van der Waals surface area contributed by atoms with Gasteiger partial charge in [-0.05, 0) is 51.3 Å². The molecule has 1 aliphatic carbocycles. The number of nitrogens with one attached hydrogen (secondary N) is 2. The van der Waals surface area contributed by atoms with Crippen molar-refractivity contribution < 1.29 is 14.7 Å². The molecule has 114 valence electrons. The van der Waals surface area contributed by atoms with Gasteiger partial charge in [-0.25, -0.2) is 0 Å². The standard InChI is InChI=1S/C16H22N2O3/c1-15(2,3)17-10-13(19)18-12-6-4-11(5-7-12)16(8-9-16)14(20)21/h4-7,17H,8-10H2,1-3H3,(H,18,19)(H,20,21). The van der Waals surface area contributed by atoms with E-state index in [0.29, 0.717) is 18.5 Å². The first-order valence-corrected chi connectivity index (χ1v) is 7.12. The van der Waals surface area contributed by atoms with Gasteiger partial charge >= 0.3 is 5.97 Å². The van der Waals surface area contributed by atoms with E-state index in [1.807, 2.05) is 20.8 Å². The predicted octanol–water partition coefficient (Wildman–Crippen LogP) is 2.13. The van der Waals surface area contributed by atoms with Crippen LogP contribution in [-0.2, 0) is 15.0 Å². The van der Waals surface area contributed by atoms with Crippen LogP contribution in [0, 0.1) is 0 Å². The second-order valence-electron chi connectivity index (χ2n) is 6.62. The van der Waals surface area contributed by atoms with Crippen molar-refractivity contribution in [3.05, 3.63) is 29.8 Å². The average molecular weight is 290 g/mol. The van der Waals surface area contributed by atoms with Crippen LogP contribution in [0.1, 0.15) is 39.2 Å². The van der Waals surface area contributed by atoms with Crippen LogP contribution < -0.4 is 10.6 Å². The third kappa shape index (κ3) is 3.82. The smallest absolute Gasteiger partial charge is 0.314 e. The summed E-state index contributed by atoms with van der Waals surface area (Å²) in [6, 6.07) is 7.09. The zero-order valence-corrected chi connectivity index (χ0v) is 12.7. The van der Waals surface area contributed by atoms with Gasteiger partial charge in [-0.3, -0.25) is 9.59 Å². The zero-order chi connectivity index (χ0) is 15.7. The van der Waals surface area contributed by atoms with Gasteiger partial charge in [0.15, 0.2) is 0 Å². The van der Waals surface area contributed by atoms with Crippen LogP contribution in [-0.4, -0.2) is 29.1 Å². The average Bonchev–Trinajstić information content (AvgIpc) is 3.18. The molecule has 1 saturated carbocycles. The first kappa shape index (κ1) is 15.5. The van der Waals surface area contributed by atoms with Crippen molar-refractivity contribution in [2.45, 2.75) is 44.6 Å². The molecule has 3 N–H and O–H groups in total. The molecule has 0 spiro atoms. The van der Waals surface area contributed by atoms with Gasteiger partial charge in [0.05, 0.1) is 12.0 Å². The SMILES string of the molecule is CC(C)(C)NCC(=O)Nc1ccc(C2(C(=O)O)CC2)cc1. The Balaban J connectivity index is 1.94. The maximum atomic E-state index is 11.8. The number of carbonyl (C=O) groups is 2. The number of aliphatic carboxylic acids is 1. The summed E-state index contributed by atoms with van der Waals surface area (Å²) >= 11 is 0. The molecule has 1 aromatic carbocycles. The molecule has 1 fully saturated rings. The fourth-order valence-corrected chi connectivity index (χ4v) is 2.17. The van der Waals surface area contributed by atoms with Gasteiger partial charge in [0, 0.05) is 11.2 Å². The Kier molecular flexibility index (Phi) is 4.05. The van der Waals surface area contributed by atoms with Crippen molar-refractivity contribution in [1.82, 2.24) is 5.32 Å². The van der Waals surface area contributed by atoms with Crippen LogP contribution in [0.25, 0.3) is 0 Å². The van der Waals surface area contributed by atoms with E-state index in [0.717, 1.165) is 5.56 Å². The van der Waals surface area contributed by atoms with E-state index in [1.165, 1.54) is 0 Å². The lowest BCUT2D eigenvalue weighted by molar-refractivity contribution is -0.140. The van der Waals surface area contributed by atoms with E-state index >= 15 is 0 Å². The third-order valence-corrected chi connectivity index (χ3v) is 3.66. The molecule has 0 unspecified atom stereocenters. The first-order chi connectivity index (χ1) is 9.73. The molecular weight excluding hydrogens is 268 g/mol. The van der Waals surface area contributed by atoms with E-state index in [2.05, 4.69) is 10.6 Å². The van der Waals surface area contributed by atoms with Gasteiger partial charge < -0.3 is 15.7 Å². The number of hydrogen-bond donors (Lipinski definition) is 3. The van der Waals surface area contributed by atoms with E-state index in [-0.39, 0.29) is 18.0 Å². The van der Waals surface area contributed by atoms with Crippen LogP contribution >= 0.6 is 0 Å². The molecule has 1 aliphatic rings. The molecule has 1 aromatic rings. The topological polar surface area (TPSA) is 78.4 Å². The van der Waals surface area contributed by atoms with E-state index in [1.54, 1.807) is 24.3 Å². The van der Waals surface area contributed by atoms with Gasteiger partial charge in [0.25, 0.3) is 0 Å². The first-order valence-electron chi connectivity index (χ1n) is 7.12. The summed E-state index contributed by atoms with van der Waals surface area (Å²) in [6.45, 7) is 6.23. The lowest BCUT2D eigenvalue weighted by Crippen LogP contribution is -2.41. The highest BCUT2D eigenvalue weighted by molar-refractivity contribution is 5.92. The van der Waals surface area contributed by atoms with Crippen LogP contribution in [0.2, 0.25) is 0 Å². The minimum Gasteiger partial charge on any atom is -0.481 e.